The highest BCUT2D eigenvalue weighted by atomic mass is 19.1. The Bertz CT molecular complexity index is 840. The highest BCUT2D eigenvalue weighted by Crippen LogP contribution is 2.33. The molecule has 2 unspecified atom stereocenters. The normalized spacial score (nSPS) is 20.7. The van der Waals surface area contributed by atoms with E-state index in [9.17, 15) is 4.39 Å². The number of hydrogen-bond donors (Lipinski definition) is 1. The van der Waals surface area contributed by atoms with Crippen LogP contribution in [0, 0.1) is 11.7 Å². The predicted molar refractivity (Wildman–Crippen MR) is 102 cm³/mol. The molecule has 0 spiro atoms. The molecule has 3 aromatic carbocycles. The Morgan fingerprint density at radius 2 is 1.72 bits per heavy atom. The molecule has 1 saturated heterocycles. The molecular weight excluding hydrogens is 309 g/mol. The summed E-state index contributed by atoms with van der Waals surface area (Å²) in [5.41, 5.74) is 2.69. The Morgan fingerprint density at radius 3 is 2.56 bits per heavy atom. The molecule has 0 bridgehead atoms. The Balaban J connectivity index is 1.48. The molecule has 1 fully saturated rings. The van der Waals surface area contributed by atoms with Crippen molar-refractivity contribution in [3.05, 3.63) is 83.7 Å². The van der Waals surface area contributed by atoms with Crippen molar-refractivity contribution >= 4 is 10.8 Å². The van der Waals surface area contributed by atoms with Crippen molar-refractivity contribution in [1.29, 1.82) is 0 Å². The molecule has 3 aromatic rings. The summed E-state index contributed by atoms with van der Waals surface area (Å²) in [6.45, 7) is 2.10. The molecule has 0 radical (unpaired) electrons. The molecule has 2 atom stereocenters. The van der Waals surface area contributed by atoms with Gasteiger partial charge in [-0.3, -0.25) is 0 Å². The lowest BCUT2D eigenvalue weighted by Crippen LogP contribution is -2.35. The molecule has 1 heterocycles. The van der Waals surface area contributed by atoms with E-state index in [1.807, 2.05) is 12.1 Å². The Labute approximate surface area is 148 Å². The Morgan fingerprint density at radius 1 is 0.920 bits per heavy atom. The summed E-state index contributed by atoms with van der Waals surface area (Å²) in [7, 11) is 0. The van der Waals surface area contributed by atoms with Crippen LogP contribution in [-0.4, -0.2) is 13.1 Å². The molecule has 1 nitrogen and oxygen atoms in total. The average Bonchev–Trinajstić information content (AvgIpc) is 2.67. The molecule has 0 amide bonds. The van der Waals surface area contributed by atoms with Gasteiger partial charge in [-0.1, -0.05) is 54.6 Å². The maximum absolute atomic E-state index is 13.2. The molecule has 0 aromatic heterocycles. The summed E-state index contributed by atoms with van der Waals surface area (Å²) in [5, 5.41) is 6.16. The summed E-state index contributed by atoms with van der Waals surface area (Å²) in [5.74, 6) is 0.985. The highest BCUT2D eigenvalue weighted by Gasteiger charge is 2.26. The summed E-state index contributed by atoms with van der Waals surface area (Å²) < 4.78 is 13.2. The van der Waals surface area contributed by atoms with Crippen LogP contribution in [0.1, 0.15) is 29.9 Å². The molecule has 2 heteroatoms. The zero-order valence-corrected chi connectivity index (χ0v) is 14.4. The second kappa shape index (κ2) is 7.37. The van der Waals surface area contributed by atoms with Gasteiger partial charge in [0.05, 0.1) is 0 Å². The van der Waals surface area contributed by atoms with Gasteiger partial charge in [-0.2, -0.15) is 0 Å². The third-order valence-corrected chi connectivity index (χ3v) is 5.52. The minimum Gasteiger partial charge on any atom is -0.316 e. The zero-order valence-electron chi connectivity index (χ0n) is 14.4. The average molecular weight is 333 g/mol. The Hall–Kier alpha value is -2.19. The van der Waals surface area contributed by atoms with E-state index in [2.05, 4.69) is 47.8 Å². The van der Waals surface area contributed by atoms with Crippen molar-refractivity contribution < 1.29 is 4.39 Å². The molecule has 4 rings (SSSR count). The smallest absolute Gasteiger partial charge is 0.123 e. The molecule has 0 saturated carbocycles. The van der Waals surface area contributed by atoms with Crippen molar-refractivity contribution in [1.82, 2.24) is 5.32 Å². The van der Waals surface area contributed by atoms with Crippen LogP contribution in [0.5, 0.6) is 0 Å². The van der Waals surface area contributed by atoms with Crippen molar-refractivity contribution in [3.63, 3.8) is 0 Å². The summed E-state index contributed by atoms with van der Waals surface area (Å²) in [4.78, 5) is 0. The van der Waals surface area contributed by atoms with E-state index in [1.165, 1.54) is 21.9 Å². The topological polar surface area (TPSA) is 12.0 Å². The number of aryl methyl sites for hydroxylation is 1. The summed E-state index contributed by atoms with van der Waals surface area (Å²) in [6, 6.07) is 22.4. The van der Waals surface area contributed by atoms with Gasteiger partial charge < -0.3 is 5.32 Å². The fourth-order valence-corrected chi connectivity index (χ4v) is 4.12. The van der Waals surface area contributed by atoms with Crippen LogP contribution in [0.2, 0.25) is 0 Å². The first-order valence-corrected chi connectivity index (χ1v) is 9.23. The van der Waals surface area contributed by atoms with Gasteiger partial charge in [-0.05, 0) is 78.2 Å². The minimum absolute atomic E-state index is 0.148. The minimum atomic E-state index is -0.148. The monoisotopic (exact) mass is 333 g/mol. The predicted octanol–water partition coefficient (Wildman–Crippen LogP) is 5.30. The maximum atomic E-state index is 13.2. The van der Waals surface area contributed by atoms with Crippen LogP contribution < -0.4 is 5.32 Å². The van der Waals surface area contributed by atoms with Crippen LogP contribution in [0.25, 0.3) is 10.8 Å². The van der Waals surface area contributed by atoms with Crippen LogP contribution in [0.15, 0.2) is 66.7 Å². The molecular formula is C23H24FN. The third-order valence-electron chi connectivity index (χ3n) is 5.52. The second-order valence-corrected chi connectivity index (χ2v) is 7.13. The van der Waals surface area contributed by atoms with E-state index in [4.69, 9.17) is 0 Å². The quantitative estimate of drug-likeness (QED) is 0.683. The fraction of sp³-hybridized carbons (Fsp3) is 0.304. The molecule has 128 valence electrons. The van der Waals surface area contributed by atoms with E-state index in [0.29, 0.717) is 11.8 Å². The molecule has 0 aliphatic carbocycles. The van der Waals surface area contributed by atoms with Crippen LogP contribution in [0.3, 0.4) is 0 Å². The summed E-state index contributed by atoms with van der Waals surface area (Å²) in [6.07, 6.45) is 3.39. The lowest BCUT2D eigenvalue weighted by atomic mass is 9.78. The van der Waals surface area contributed by atoms with Gasteiger partial charge in [-0.25, -0.2) is 4.39 Å². The van der Waals surface area contributed by atoms with Gasteiger partial charge in [-0.15, -0.1) is 0 Å². The van der Waals surface area contributed by atoms with Crippen molar-refractivity contribution in [2.24, 2.45) is 5.92 Å². The number of piperidine rings is 1. The van der Waals surface area contributed by atoms with Gasteiger partial charge in [0.15, 0.2) is 0 Å². The van der Waals surface area contributed by atoms with Gasteiger partial charge in [0.2, 0.25) is 0 Å². The first-order chi connectivity index (χ1) is 12.3. The molecule has 1 aliphatic heterocycles. The molecule has 1 N–H and O–H groups in total. The zero-order chi connectivity index (χ0) is 17.1. The number of nitrogens with one attached hydrogen (secondary N) is 1. The van der Waals surface area contributed by atoms with Crippen molar-refractivity contribution in [2.45, 2.75) is 25.2 Å². The Kier molecular flexibility index (Phi) is 4.80. The highest BCUT2D eigenvalue weighted by molar-refractivity contribution is 5.82. The second-order valence-electron chi connectivity index (χ2n) is 7.13. The maximum Gasteiger partial charge on any atom is 0.123 e. The standard InChI is InChI=1S/C23H24FN/c24-22-11-9-19(10-12-22)23-13-14-25-16-21(23)8-6-17-5-7-18-3-1-2-4-20(18)15-17/h1-5,7,9-12,15,21,23,25H,6,8,13-14,16H2. The van der Waals surface area contributed by atoms with Crippen LogP contribution in [0.4, 0.5) is 4.39 Å². The van der Waals surface area contributed by atoms with E-state index < -0.39 is 0 Å². The van der Waals surface area contributed by atoms with Crippen LogP contribution in [-0.2, 0) is 6.42 Å². The first kappa shape index (κ1) is 16.3. The van der Waals surface area contributed by atoms with Gasteiger partial charge in [0, 0.05) is 0 Å². The van der Waals surface area contributed by atoms with E-state index in [0.717, 1.165) is 32.4 Å². The lowest BCUT2D eigenvalue weighted by Gasteiger charge is -2.32. The van der Waals surface area contributed by atoms with Crippen molar-refractivity contribution in [2.75, 3.05) is 13.1 Å². The number of halogens is 1. The van der Waals surface area contributed by atoms with Gasteiger partial charge in [0.1, 0.15) is 5.82 Å². The van der Waals surface area contributed by atoms with Gasteiger partial charge >= 0.3 is 0 Å². The first-order valence-electron chi connectivity index (χ1n) is 9.23. The van der Waals surface area contributed by atoms with E-state index >= 15 is 0 Å². The molecule has 1 aliphatic rings. The van der Waals surface area contributed by atoms with E-state index in [1.54, 1.807) is 12.1 Å². The van der Waals surface area contributed by atoms with E-state index in [-0.39, 0.29) is 5.82 Å². The largest absolute Gasteiger partial charge is 0.316 e. The fourth-order valence-electron chi connectivity index (χ4n) is 4.12. The van der Waals surface area contributed by atoms with Crippen LogP contribution >= 0.6 is 0 Å². The lowest BCUT2D eigenvalue weighted by molar-refractivity contribution is 0.309. The molecule has 25 heavy (non-hydrogen) atoms. The number of hydrogen-bond acceptors (Lipinski definition) is 1. The number of rotatable bonds is 4. The number of benzene rings is 3. The summed E-state index contributed by atoms with van der Waals surface area (Å²) >= 11 is 0. The van der Waals surface area contributed by atoms with Crippen molar-refractivity contribution in [3.8, 4) is 0 Å². The third kappa shape index (κ3) is 3.74. The van der Waals surface area contributed by atoms with Gasteiger partial charge in [0.25, 0.3) is 0 Å². The number of fused-ring (bicyclic) bond motifs is 1. The SMILES string of the molecule is Fc1ccc(C2CCNCC2CCc2ccc3ccccc3c2)cc1.